The van der Waals surface area contributed by atoms with Crippen molar-refractivity contribution < 1.29 is 4.79 Å². The number of anilines is 1. The van der Waals surface area contributed by atoms with E-state index in [1.165, 1.54) is 0 Å². The van der Waals surface area contributed by atoms with Crippen molar-refractivity contribution in [3.05, 3.63) is 65.2 Å². The van der Waals surface area contributed by atoms with E-state index in [4.69, 9.17) is 11.6 Å². The SMILES string of the molecule is O=C1CN=C(Nc2ccc(Cl)cc2)N1Cc1ccccc1. The third-order valence-electron chi connectivity index (χ3n) is 3.20. The van der Waals surface area contributed by atoms with Gasteiger partial charge in [-0.3, -0.25) is 9.69 Å². The Morgan fingerprint density at radius 1 is 1.10 bits per heavy atom. The standard InChI is InChI=1S/C16H14ClN3O/c17-13-6-8-14(9-7-13)19-16-18-10-15(21)20(16)11-12-4-2-1-3-5-12/h1-9H,10-11H2,(H,18,19). The van der Waals surface area contributed by atoms with Crippen LogP contribution in [0.3, 0.4) is 0 Å². The number of aliphatic imine (C=N–C) groups is 1. The number of rotatable bonds is 3. The molecule has 0 saturated heterocycles. The van der Waals surface area contributed by atoms with Crippen LogP contribution in [0.2, 0.25) is 5.02 Å². The molecule has 0 aromatic heterocycles. The number of nitrogens with one attached hydrogen (secondary N) is 1. The smallest absolute Gasteiger partial charge is 0.251 e. The summed E-state index contributed by atoms with van der Waals surface area (Å²) in [7, 11) is 0. The molecular formula is C16H14ClN3O. The van der Waals surface area contributed by atoms with Gasteiger partial charge in [-0.2, -0.15) is 0 Å². The van der Waals surface area contributed by atoms with Crippen molar-refractivity contribution in [2.45, 2.75) is 6.54 Å². The normalized spacial score (nSPS) is 14.2. The molecule has 2 aromatic carbocycles. The summed E-state index contributed by atoms with van der Waals surface area (Å²) in [5, 5.41) is 3.84. The van der Waals surface area contributed by atoms with Crippen LogP contribution in [-0.2, 0) is 11.3 Å². The molecule has 5 heteroatoms. The van der Waals surface area contributed by atoms with Gasteiger partial charge in [0.2, 0.25) is 5.96 Å². The van der Waals surface area contributed by atoms with Crippen molar-refractivity contribution in [2.24, 2.45) is 4.99 Å². The summed E-state index contributed by atoms with van der Waals surface area (Å²) in [6.45, 7) is 0.696. The highest BCUT2D eigenvalue weighted by atomic mass is 35.5. The van der Waals surface area contributed by atoms with E-state index in [1.54, 1.807) is 17.0 Å². The first-order valence-electron chi connectivity index (χ1n) is 6.64. The second-order valence-corrected chi connectivity index (χ2v) is 5.17. The summed E-state index contributed by atoms with van der Waals surface area (Å²) in [6.07, 6.45) is 0. The third kappa shape index (κ3) is 3.23. The molecule has 0 spiro atoms. The molecule has 2 aromatic rings. The van der Waals surface area contributed by atoms with Gasteiger partial charge in [-0.25, -0.2) is 4.99 Å². The van der Waals surface area contributed by atoms with Gasteiger partial charge in [0.1, 0.15) is 6.54 Å². The molecule has 1 aliphatic rings. The van der Waals surface area contributed by atoms with Crippen LogP contribution in [0.15, 0.2) is 59.6 Å². The molecule has 0 unspecified atom stereocenters. The number of guanidine groups is 1. The second-order valence-electron chi connectivity index (χ2n) is 4.74. The Bertz CT molecular complexity index is 668. The summed E-state index contributed by atoms with van der Waals surface area (Å²) in [5.41, 5.74) is 1.92. The number of carbonyl (C=O) groups excluding carboxylic acids is 1. The van der Waals surface area contributed by atoms with Crippen LogP contribution in [0.5, 0.6) is 0 Å². The zero-order chi connectivity index (χ0) is 14.7. The maximum absolute atomic E-state index is 12.0. The highest BCUT2D eigenvalue weighted by Gasteiger charge is 2.25. The van der Waals surface area contributed by atoms with Crippen molar-refractivity contribution in [3.8, 4) is 0 Å². The summed E-state index contributed by atoms with van der Waals surface area (Å²) in [6, 6.07) is 17.2. The molecule has 106 valence electrons. The van der Waals surface area contributed by atoms with E-state index in [0.717, 1.165) is 11.3 Å². The molecule has 1 N–H and O–H groups in total. The Labute approximate surface area is 128 Å². The molecule has 3 rings (SSSR count). The predicted molar refractivity (Wildman–Crippen MR) is 84.4 cm³/mol. The number of halogens is 1. The van der Waals surface area contributed by atoms with Gasteiger partial charge in [-0.05, 0) is 29.8 Å². The molecule has 0 saturated carbocycles. The molecule has 1 heterocycles. The lowest BCUT2D eigenvalue weighted by Gasteiger charge is -2.19. The molecule has 1 aliphatic heterocycles. The number of carbonyl (C=O) groups is 1. The Hall–Kier alpha value is -2.33. The molecule has 0 aliphatic carbocycles. The Morgan fingerprint density at radius 3 is 2.52 bits per heavy atom. The molecule has 0 radical (unpaired) electrons. The van der Waals surface area contributed by atoms with Crippen LogP contribution in [0.1, 0.15) is 5.56 Å². The maximum Gasteiger partial charge on any atom is 0.251 e. The number of benzene rings is 2. The van der Waals surface area contributed by atoms with Crippen LogP contribution >= 0.6 is 11.6 Å². The van der Waals surface area contributed by atoms with Gasteiger partial charge in [-0.15, -0.1) is 0 Å². The van der Waals surface area contributed by atoms with Gasteiger partial charge in [-0.1, -0.05) is 41.9 Å². The minimum absolute atomic E-state index is 0.00434. The number of hydrogen-bond donors (Lipinski definition) is 1. The van der Waals surface area contributed by atoms with Crippen molar-refractivity contribution in [3.63, 3.8) is 0 Å². The van der Waals surface area contributed by atoms with Crippen molar-refractivity contribution in [2.75, 3.05) is 11.9 Å². The van der Waals surface area contributed by atoms with Crippen LogP contribution in [-0.4, -0.2) is 23.3 Å². The van der Waals surface area contributed by atoms with E-state index >= 15 is 0 Å². The van der Waals surface area contributed by atoms with Crippen LogP contribution < -0.4 is 5.32 Å². The first kappa shape index (κ1) is 13.6. The lowest BCUT2D eigenvalue weighted by atomic mass is 10.2. The largest absolute Gasteiger partial charge is 0.326 e. The van der Waals surface area contributed by atoms with Crippen LogP contribution in [0.4, 0.5) is 5.69 Å². The summed E-state index contributed by atoms with van der Waals surface area (Å²) >= 11 is 5.86. The van der Waals surface area contributed by atoms with Gasteiger partial charge < -0.3 is 5.32 Å². The fourth-order valence-corrected chi connectivity index (χ4v) is 2.26. The van der Waals surface area contributed by atoms with Gasteiger partial charge in [0.15, 0.2) is 0 Å². The first-order valence-corrected chi connectivity index (χ1v) is 7.01. The zero-order valence-electron chi connectivity index (χ0n) is 11.3. The number of hydrogen-bond acceptors (Lipinski definition) is 3. The van der Waals surface area contributed by atoms with Crippen molar-refractivity contribution in [1.82, 2.24) is 4.90 Å². The highest BCUT2D eigenvalue weighted by Crippen LogP contribution is 2.16. The molecule has 0 atom stereocenters. The van der Waals surface area contributed by atoms with E-state index in [2.05, 4.69) is 10.3 Å². The zero-order valence-corrected chi connectivity index (χ0v) is 12.0. The quantitative estimate of drug-likeness (QED) is 0.946. The summed E-state index contributed by atoms with van der Waals surface area (Å²) < 4.78 is 0. The van der Waals surface area contributed by atoms with E-state index in [-0.39, 0.29) is 12.5 Å². The molecule has 4 nitrogen and oxygen atoms in total. The minimum atomic E-state index is -0.00434. The average Bonchev–Trinajstić information content (AvgIpc) is 2.84. The van der Waals surface area contributed by atoms with Crippen LogP contribution in [0.25, 0.3) is 0 Å². The monoisotopic (exact) mass is 299 g/mol. The first-order chi connectivity index (χ1) is 10.2. The molecule has 1 amide bonds. The second kappa shape index (κ2) is 5.97. The minimum Gasteiger partial charge on any atom is -0.326 e. The van der Waals surface area contributed by atoms with Crippen LogP contribution in [0, 0.1) is 0 Å². The predicted octanol–water partition coefficient (Wildman–Crippen LogP) is 3.15. The van der Waals surface area contributed by atoms with Gasteiger partial charge >= 0.3 is 0 Å². The molecule has 0 fully saturated rings. The number of amides is 1. The fraction of sp³-hybridized carbons (Fsp3) is 0.125. The molecular weight excluding hydrogens is 286 g/mol. The summed E-state index contributed by atoms with van der Waals surface area (Å²) in [4.78, 5) is 17.9. The van der Waals surface area contributed by atoms with Gasteiger partial charge in [0.05, 0.1) is 6.54 Å². The van der Waals surface area contributed by atoms with E-state index < -0.39 is 0 Å². The molecule has 21 heavy (non-hydrogen) atoms. The molecule has 0 bridgehead atoms. The maximum atomic E-state index is 12.0. The summed E-state index contributed by atoms with van der Waals surface area (Å²) in [5.74, 6) is 0.571. The lowest BCUT2D eigenvalue weighted by Crippen LogP contribution is -2.36. The Balaban J connectivity index is 1.74. The lowest BCUT2D eigenvalue weighted by molar-refractivity contribution is -0.125. The average molecular weight is 300 g/mol. The van der Waals surface area contributed by atoms with E-state index in [1.807, 2.05) is 42.5 Å². The van der Waals surface area contributed by atoms with Crippen molar-refractivity contribution >= 4 is 29.2 Å². The van der Waals surface area contributed by atoms with Crippen molar-refractivity contribution in [1.29, 1.82) is 0 Å². The van der Waals surface area contributed by atoms with Gasteiger partial charge in [0.25, 0.3) is 5.91 Å². The number of nitrogens with zero attached hydrogens (tertiary/aromatic N) is 2. The Morgan fingerprint density at radius 2 is 1.81 bits per heavy atom. The topological polar surface area (TPSA) is 44.7 Å². The van der Waals surface area contributed by atoms with E-state index in [9.17, 15) is 4.79 Å². The van der Waals surface area contributed by atoms with Gasteiger partial charge in [0, 0.05) is 10.7 Å². The highest BCUT2D eigenvalue weighted by molar-refractivity contribution is 6.30. The Kier molecular flexibility index (Phi) is 3.88. The van der Waals surface area contributed by atoms with E-state index in [0.29, 0.717) is 17.5 Å². The third-order valence-corrected chi connectivity index (χ3v) is 3.46. The fourth-order valence-electron chi connectivity index (χ4n) is 2.13.